The summed E-state index contributed by atoms with van der Waals surface area (Å²) in [5, 5.41) is 5.97. The van der Waals surface area contributed by atoms with Crippen molar-refractivity contribution in [2.75, 3.05) is 11.5 Å². The van der Waals surface area contributed by atoms with E-state index in [-0.39, 0.29) is 17.4 Å². The molecule has 2 aromatic heterocycles. The van der Waals surface area contributed by atoms with Crippen LogP contribution in [0.3, 0.4) is 0 Å². The second kappa shape index (κ2) is 6.65. The molecule has 3 aromatic rings. The molecule has 1 aromatic carbocycles. The lowest BCUT2D eigenvalue weighted by Crippen LogP contribution is -2.27. The van der Waals surface area contributed by atoms with Crippen LogP contribution in [0.1, 0.15) is 12.1 Å². The fourth-order valence-electron chi connectivity index (χ4n) is 2.99. The number of fused-ring (bicyclic) bond motifs is 1. The summed E-state index contributed by atoms with van der Waals surface area (Å²) < 4.78 is 24.9. The first-order chi connectivity index (χ1) is 12.5. The van der Waals surface area contributed by atoms with Crippen molar-refractivity contribution >= 4 is 38.3 Å². The molecule has 1 N–H and O–H groups in total. The summed E-state index contributed by atoms with van der Waals surface area (Å²) in [4.78, 5) is 17.6. The number of hydrogen-bond donors (Lipinski definition) is 1. The molecule has 0 unspecified atom stereocenters. The molecule has 1 aliphatic rings. The average Bonchev–Trinajstić information content (AvgIpc) is 3.31. The number of hydrogen-bond acceptors (Lipinski definition) is 6. The molecule has 7 nitrogen and oxygen atoms in total. The number of nitrogens with one attached hydrogen (secondary N) is 1. The van der Waals surface area contributed by atoms with E-state index in [2.05, 4.69) is 15.5 Å². The number of nitrogens with zero attached hydrogens (tertiary/aromatic N) is 3. The van der Waals surface area contributed by atoms with Crippen molar-refractivity contribution in [2.45, 2.75) is 6.42 Å². The Balaban J connectivity index is 1.58. The molecule has 0 spiro atoms. The zero-order valence-electron chi connectivity index (χ0n) is 13.7. The first kappa shape index (κ1) is 16.9. The quantitative estimate of drug-likeness (QED) is 0.546. The van der Waals surface area contributed by atoms with E-state index in [9.17, 15) is 13.2 Å². The fraction of sp³-hybridized carbons (Fsp3) is 0.235. The van der Waals surface area contributed by atoms with Crippen LogP contribution in [0.4, 0.5) is 0 Å². The van der Waals surface area contributed by atoms with E-state index in [0.29, 0.717) is 6.42 Å². The van der Waals surface area contributed by atoms with E-state index in [1.807, 2.05) is 46.3 Å². The molecule has 3 heterocycles. The van der Waals surface area contributed by atoms with Gasteiger partial charge in [0.05, 0.1) is 35.0 Å². The lowest BCUT2D eigenvalue weighted by molar-refractivity contribution is -0.124. The van der Waals surface area contributed by atoms with Gasteiger partial charge in [-0.2, -0.15) is 5.10 Å². The summed E-state index contributed by atoms with van der Waals surface area (Å²) >= 11 is 1.51. The van der Waals surface area contributed by atoms with Gasteiger partial charge in [-0.3, -0.25) is 9.20 Å². The number of thiazole rings is 1. The maximum absolute atomic E-state index is 12.1. The number of carbonyl (C=O) groups excluding carboxylic acids is 1. The first-order valence-corrected chi connectivity index (χ1v) is 10.8. The number of hydrazone groups is 1. The minimum atomic E-state index is -3.10. The largest absolute Gasteiger partial charge is 0.289 e. The number of carbonyl (C=O) groups is 1. The minimum Gasteiger partial charge on any atom is -0.289 e. The summed E-state index contributed by atoms with van der Waals surface area (Å²) in [5.41, 5.74) is 4.95. The third kappa shape index (κ3) is 3.27. The summed E-state index contributed by atoms with van der Waals surface area (Å²) in [6.45, 7) is 0. The Morgan fingerprint density at radius 1 is 1.35 bits per heavy atom. The van der Waals surface area contributed by atoms with Gasteiger partial charge >= 0.3 is 0 Å². The van der Waals surface area contributed by atoms with E-state index in [1.165, 1.54) is 11.3 Å². The Morgan fingerprint density at radius 3 is 2.88 bits per heavy atom. The number of benzene rings is 1. The summed E-state index contributed by atoms with van der Waals surface area (Å²) in [6.07, 6.45) is 3.79. The summed E-state index contributed by atoms with van der Waals surface area (Å²) in [5.74, 6) is -0.942. The molecule has 1 fully saturated rings. The highest BCUT2D eigenvalue weighted by molar-refractivity contribution is 7.91. The van der Waals surface area contributed by atoms with Crippen molar-refractivity contribution in [3.63, 3.8) is 0 Å². The molecule has 26 heavy (non-hydrogen) atoms. The molecule has 1 amide bonds. The van der Waals surface area contributed by atoms with Gasteiger partial charge in [-0.15, -0.1) is 11.3 Å². The summed E-state index contributed by atoms with van der Waals surface area (Å²) in [7, 11) is -3.10. The van der Waals surface area contributed by atoms with Gasteiger partial charge in [-0.05, 0) is 6.42 Å². The molecule has 0 bridgehead atoms. The molecule has 1 saturated heterocycles. The molecular weight excluding hydrogens is 372 g/mol. The standard InChI is InChI=1S/C17H16N4O3S2/c22-16(13-6-9-26(23,24)11-13)20-18-10-14-15(12-4-2-1-3-5-12)19-17-21(14)7-8-25-17/h1-5,7-8,10,13H,6,9,11H2,(H,20,22)/b18-10-/t13-/m0/s1. The topological polar surface area (TPSA) is 92.9 Å². The molecule has 9 heteroatoms. The highest BCUT2D eigenvalue weighted by atomic mass is 32.2. The van der Waals surface area contributed by atoms with Gasteiger partial charge in [-0.25, -0.2) is 18.8 Å². The van der Waals surface area contributed by atoms with Gasteiger partial charge in [0.2, 0.25) is 5.91 Å². The van der Waals surface area contributed by atoms with Gasteiger partial charge in [-0.1, -0.05) is 30.3 Å². The number of aromatic nitrogens is 2. The Hall–Kier alpha value is -2.52. The Labute approximate surface area is 154 Å². The van der Waals surface area contributed by atoms with Crippen LogP contribution in [0.25, 0.3) is 16.2 Å². The van der Waals surface area contributed by atoms with Gasteiger partial charge in [0.25, 0.3) is 0 Å². The van der Waals surface area contributed by atoms with E-state index in [4.69, 9.17) is 0 Å². The van der Waals surface area contributed by atoms with Crippen molar-refractivity contribution in [3.05, 3.63) is 47.6 Å². The molecule has 0 aliphatic carbocycles. The van der Waals surface area contributed by atoms with Crippen molar-refractivity contribution < 1.29 is 13.2 Å². The lowest BCUT2D eigenvalue weighted by Gasteiger charge is -2.05. The smallest absolute Gasteiger partial charge is 0.244 e. The molecule has 0 saturated carbocycles. The normalized spacial score (nSPS) is 19.3. The van der Waals surface area contributed by atoms with E-state index in [0.717, 1.165) is 21.9 Å². The van der Waals surface area contributed by atoms with Gasteiger partial charge in [0.1, 0.15) is 0 Å². The Bertz CT molecular complexity index is 1080. The SMILES string of the molecule is O=C(N/N=C\c1c(-c2ccccc2)nc2sccn12)[C@H]1CCS(=O)(=O)C1. The number of amides is 1. The monoisotopic (exact) mass is 388 g/mol. The molecule has 1 atom stereocenters. The predicted octanol–water partition coefficient (Wildman–Crippen LogP) is 1.95. The maximum atomic E-state index is 12.1. The third-order valence-corrected chi connectivity index (χ3v) is 6.84. The number of rotatable bonds is 4. The van der Waals surface area contributed by atoms with E-state index in [1.54, 1.807) is 6.21 Å². The molecule has 4 rings (SSSR count). The van der Waals surface area contributed by atoms with Crippen LogP contribution in [-0.2, 0) is 14.6 Å². The van der Waals surface area contributed by atoms with Crippen molar-refractivity contribution in [2.24, 2.45) is 11.0 Å². The number of imidazole rings is 1. The Morgan fingerprint density at radius 2 is 2.15 bits per heavy atom. The van der Waals surface area contributed by atoms with Crippen LogP contribution in [0.15, 0.2) is 47.0 Å². The number of sulfone groups is 1. The fourth-order valence-corrected chi connectivity index (χ4v) is 5.45. The maximum Gasteiger partial charge on any atom is 0.244 e. The zero-order valence-corrected chi connectivity index (χ0v) is 15.3. The third-order valence-electron chi connectivity index (χ3n) is 4.31. The van der Waals surface area contributed by atoms with Crippen molar-refractivity contribution in [1.29, 1.82) is 0 Å². The lowest BCUT2D eigenvalue weighted by atomic mass is 10.1. The van der Waals surface area contributed by atoms with Crippen molar-refractivity contribution in [1.82, 2.24) is 14.8 Å². The van der Waals surface area contributed by atoms with Crippen LogP contribution < -0.4 is 5.43 Å². The minimum absolute atomic E-state index is 0.0606. The van der Waals surface area contributed by atoms with Gasteiger partial charge in [0, 0.05) is 17.1 Å². The molecule has 1 aliphatic heterocycles. The molecule has 0 radical (unpaired) electrons. The zero-order chi connectivity index (χ0) is 18.1. The Kier molecular flexibility index (Phi) is 4.33. The second-order valence-electron chi connectivity index (χ2n) is 6.10. The van der Waals surface area contributed by atoms with Crippen molar-refractivity contribution in [3.8, 4) is 11.3 Å². The van der Waals surface area contributed by atoms with Crippen LogP contribution in [0.5, 0.6) is 0 Å². The van der Waals surface area contributed by atoms with E-state index >= 15 is 0 Å². The average molecular weight is 388 g/mol. The summed E-state index contributed by atoms with van der Waals surface area (Å²) in [6, 6.07) is 9.74. The highest BCUT2D eigenvalue weighted by Gasteiger charge is 2.32. The van der Waals surface area contributed by atoms with Crippen LogP contribution >= 0.6 is 11.3 Å². The second-order valence-corrected chi connectivity index (χ2v) is 9.20. The van der Waals surface area contributed by atoms with Crippen LogP contribution in [0.2, 0.25) is 0 Å². The van der Waals surface area contributed by atoms with Gasteiger partial charge < -0.3 is 0 Å². The highest BCUT2D eigenvalue weighted by Crippen LogP contribution is 2.25. The van der Waals surface area contributed by atoms with Crippen LogP contribution in [0, 0.1) is 5.92 Å². The molecule has 134 valence electrons. The van der Waals surface area contributed by atoms with Crippen LogP contribution in [-0.4, -0.2) is 41.4 Å². The predicted molar refractivity (Wildman–Crippen MR) is 101 cm³/mol. The first-order valence-electron chi connectivity index (χ1n) is 8.08. The van der Waals surface area contributed by atoms with Gasteiger partial charge in [0.15, 0.2) is 14.8 Å². The van der Waals surface area contributed by atoms with E-state index < -0.39 is 15.8 Å². The molecular formula is C17H16N4O3S2.